The summed E-state index contributed by atoms with van der Waals surface area (Å²) in [7, 11) is 3.90. The summed E-state index contributed by atoms with van der Waals surface area (Å²) in [5.74, 6) is -0.875. The number of nitrogens with one attached hydrogen (secondary N) is 1. The Labute approximate surface area is 177 Å². The Morgan fingerprint density at radius 2 is 1.67 bits per heavy atom. The normalized spacial score (nSPS) is 10.5. The number of aromatic nitrogens is 1. The molecule has 0 aliphatic heterocycles. The smallest absolute Gasteiger partial charge is 0.340 e. The predicted molar refractivity (Wildman–Crippen MR) is 119 cm³/mol. The Bertz CT molecular complexity index is 1020. The van der Waals surface area contributed by atoms with Gasteiger partial charge in [0.2, 0.25) is 0 Å². The van der Waals surface area contributed by atoms with Crippen LogP contribution in [0.15, 0.2) is 60.7 Å². The SMILES string of the molecule is Cc1cc(C(=O)OCC(=O)Nc2ccc(N(C)C)cc2)c(C)n1Cc1ccccc1. The van der Waals surface area contributed by atoms with Crippen LogP contribution in [-0.4, -0.2) is 37.1 Å². The molecule has 1 amide bonds. The maximum absolute atomic E-state index is 12.5. The van der Waals surface area contributed by atoms with E-state index >= 15 is 0 Å². The predicted octanol–water partition coefficient (Wildman–Crippen LogP) is 4.01. The van der Waals surface area contributed by atoms with Crippen molar-refractivity contribution in [1.82, 2.24) is 4.57 Å². The molecule has 3 rings (SSSR count). The Kier molecular flexibility index (Phi) is 6.57. The molecule has 30 heavy (non-hydrogen) atoms. The number of rotatable bonds is 7. The van der Waals surface area contributed by atoms with Crippen LogP contribution in [0.25, 0.3) is 0 Å². The third-order valence-corrected chi connectivity index (χ3v) is 4.98. The summed E-state index contributed by atoms with van der Waals surface area (Å²) in [6.07, 6.45) is 0. The quantitative estimate of drug-likeness (QED) is 0.603. The van der Waals surface area contributed by atoms with E-state index in [1.54, 1.807) is 6.07 Å². The van der Waals surface area contributed by atoms with Crippen LogP contribution in [0, 0.1) is 13.8 Å². The fourth-order valence-electron chi connectivity index (χ4n) is 3.27. The summed E-state index contributed by atoms with van der Waals surface area (Å²) in [6, 6.07) is 19.3. The lowest BCUT2D eigenvalue weighted by atomic mass is 10.2. The van der Waals surface area contributed by atoms with E-state index in [1.165, 1.54) is 0 Å². The first kappa shape index (κ1) is 21.2. The molecular formula is C24H27N3O3. The number of anilines is 2. The Morgan fingerprint density at radius 3 is 2.30 bits per heavy atom. The molecular weight excluding hydrogens is 378 g/mol. The van der Waals surface area contributed by atoms with Crippen molar-refractivity contribution in [2.75, 3.05) is 30.9 Å². The minimum absolute atomic E-state index is 0.337. The van der Waals surface area contributed by atoms with Crippen LogP contribution in [0.5, 0.6) is 0 Å². The van der Waals surface area contributed by atoms with Crippen molar-refractivity contribution in [1.29, 1.82) is 0 Å². The van der Waals surface area contributed by atoms with E-state index < -0.39 is 5.97 Å². The highest BCUT2D eigenvalue weighted by Crippen LogP contribution is 2.19. The van der Waals surface area contributed by atoms with Crippen molar-refractivity contribution in [2.45, 2.75) is 20.4 Å². The van der Waals surface area contributed by atoms with Gasteiger partial charge in [0.25, 0.3) is 5.91 Å². The topological polar surface area (TPSA) is 63.6 Å². The number of amides is 1. The van der Waals surface area contributed by atoms with Crippen LogP contribution in [0.2, 0.25) is 0 Å². The second kappa shape index (κ2) is 9.31. The molecule has 2 aromatic carbocycles. The molecule has 0 saturated carbocycles. The summed E-state index contributed by atoms with van der Waals surface area (Å²) in [6.45, 7) is 4.18. The van der Waals surface area contributed by atoms with Gasteiger partial charge in [0, 0.05) is 43.4 Å². The Morgan fingerprint density at radius 1 is 1.00 bits per heavy atom. The minimum atomic E-state index is -0.500. The Balaban J connectivity index is 1.59. The molecule has 1 aromatic heterocycles. The zero-order valence-corrected chi connectivity index (χ0v) is 17.8. The van der Waals surface area contributed by atoms with Crippen LogP contribution in [0.1, 0.15) is 27.3 Å². The summed E-state index contributed by atoms with van der Waals surface area (Å²) < 4.78 is 7.32. The number of carbonyl (C=O) groups is 2. The van der Waals surface area contributed by atoms with E-state index in [1.807, 2.05) is 87.4 Å². The molecule has 0 spiro atoms. The number of hydrogen-bond donors (Lipinski definition) is 1. The van der Waals surface area contributed by atoms with E-state index in [-0.39, 0.29) is 12.5 Å². The first-order valence-electron chi connectivity index (χ1n) is 9.80. The lowest BCUT2D eigenvalue weighted by molar-refractivity contribution is -0.119. The maximum Gasteiger partial charge on any atom is 0.340 e. The van der Waals surface area contributed by atoms with Gasteiger partial charge in [0.05, 0.1) is 5.56 Å². The number of nitrogens with zero attached hydrogens (tertiary/aromatic N) is 2. The van der Waals surface area contributed by atoms with Crippen molar-refractivity contribution in [3.63, 3.8) is 0 Å². The minimum Gasteiger partial charge on any atom is -0.452 e. The number of ether oxygens (including phenoxy) is 1. The van der Waals surface area contributed by atoms with Gasteiger partial charge in [-0.1, -0.05) is 30.3 Å². The zero-order chi connectivity index (χ0) is 21.7. The second-order valence-corrected chi connectivity index (χ2v) is 7.42. The van der Waals surface area contributed by atoms with Crippen LogP contribution >= 0.6 is 0 Å². The number of hydrogen-bond acceptors (Lipinski definition) is 4. The summed E-state index contributed by atoms with van der Waals surface area (Å²) in [5.41, 5.74) is 5.10. The number of esters is 1. The zero-order valence-electron chi connectivity index (χ0n) is 17.8. The average molecular weight is 405 g/mol. The molecule has 0 unspecified atom stereocenters. The molecule has 0 saturated heterocycles. The molecule has 156 valence electrons. The third kappa shape index (κ3) is 5.08. The highest BCUT2D eigenvalue weighted by Gasteiger charge is 2.18. The van der Waals surface area contributed by atoms with Gasteiger partial charge in [-0.3, -0.25) is 4.79 Å². The second-order valence-electron chi connectivity index (χ2n) is 7.42. The monoisotopic (exact) mass is 405 g/mol. The van der Waals surface area contributed by atoms with E-state index in [2.05, 4.69) is 9.88 Å². The van der Waals surface area contributed by atoms with Crippen LogP contribution in [0.4, 0.5) is 11.4 Å². The first-order chi connectivity index (χ1) is 14.3. The van der Waals surface area contributed by atoms with Gasteiger partial charge < -0.3 is 19.5 Å². The van der Waals surface area contributed by atoms with Gasteiger partial charge >= 0.3 is 5.97 Å². The van der Waals surface area contributed by atoms with E-state index in [0.29, 0.717) is 17.8 Å². The number of benzene rings is 2. The summed E-state index contributed by atoms with van der Waals surface area (Å²) >= 11 is 0. The molecule has 6 heteroatoms. The van der Waals surface area contributed by atoms with Gasteiger partial charge in [-0.25, -0.2) is 4.79 Å². The van der Waals surface area contributed by atoms with Gasteiger partial charge in [-0.2, -0.15) is 0 Å². The molecule has 0 bridgehead atoms. The van der Waals surface area contributed by atoms with Crippen molar-refractivity contribution in [3.8, 4) is 0 Å². The fraction of sp³-hybridized carbons (Fsp3) is 0.250. The van der Waals surface area contributed by atoms with Gasteiger partial charge in [0.1, 0.15) is 0 Å². The lowest BCUT2D eigenvalue weighted by Gasteiger charge is -2.13. The molecule has 0 atom stereocenters. The fourth-order valence-corrected chi connectivity index (χ4v) is 3.27. The van der Waals surface area contributed by atoms with Crippen molar-refractivity contribution in [3.05, 3.63) is 83.2 Å². The molecule has 0 aliphatic rings. The van der Waals surface area contributed by atoms with E-state index in [4.69, 9.17) is 4.74 Å². The summed E-state index contributed by atoms with van der Waals surface area (Å²) in [5, 5.41) is 2.74. The van der Waals surface area contributed by atoms with Crippen molar-refractivity contribution >= 4 is 23.3 Å². The van der Waals surface area contributed by atoms with Gasteiger partial charge in [-0.15, -0.1) is 0 Å². The highest BCUT2D eigenvalue weighted by molar-refractivity contribution is 5.96. The molecule has 0 radical (unpaired) electrons. The maximum atomic E-state index is 12.5. The Hall–Kier alpha value is -3.54. The molecule has 6 nitrogen and oxygen atoms in total. The molecule has 0 aliphatic carbocycles. The van der Waals surface area contributed by atoms with Crippen molar-refractivity contribution < 1.29 is 14.3 Å². The molecule has 1 N–H and O–H groups in total. The van der Waals surface area contributed by atoms with E-state index in [9.17, 15) is 9.59 Å². The first-order valence-corrected chi connectivity index (χ1v) is 9.80. The standard InChI is InChI=1S/C24H27N3O3/c1-17-14-22(18(2)27(17)15-19-8-6-5-7-9-19)24(29)30-16-23(28)25-20-10-12-21(13-11-20)26(3)4/h5-14H,15-16H2,1-4H3,(H,25,28). The highest BCUT2D eigenvalue weighted by atomic mass is 16.5. The number of aryl methyl sites for hydroxylation is 1. The summed E-state index contributed by atoms with van der Waals surface area (Å²) in [4.78, 5) is 26.7. The van der Waals surface area contributed by atoms with Gasteiger partial charge in [0.15, 0.2) is 6.61 Å². The van der Waals surface area contributed by atoms with Crippen LogP contribution in [-0.2, 0) is 16.1 Å². The van der Waals surface area contributed by atoms with Gasteiger partial charge in [-0.05, 0) is 49.7 Å². The molecule has 3 aromatic rings. The largest absolute Gasteiger partial charge is 0.452 e. The van der Waals surface area contributed by atoms with E-state index in [0.717, 1.165) is 22.6 Å². The van der Waals surface area contributed by atoms with Crippen molar-refractivity contribution in [2.24, 2.45) is 0 Å². The number of carbonyl (C=O) groups excluding carboxylic acids is 2. The van der Waals surface area contributed by atoms with Crippen LogP contribution < -0.4 is 10.2 Å². The lowest BCUT2D eigenvalue weighted by Crippen LogP contribution is -2.21. The molecule has 1 heterocycles. The average Bonchev–Trinajstić information content (AvgIpc) is 3.01. The molecule has 0 fully saturated rings. The van der Waals surface area contributed by atoms with Crippen LogP contribution in [0.3, 0.4) is 0 Å². The third-order valence-electron chi connectivity index (χ3n) is 4.98.